The van der Waals surface area contributed by atoms with E-state index in [0.717, 1.165) is 52.8 Å². The van der Waals surface area contributed by atoms with E-state index in [1.807, 2.05) is 24.3 Å². The predicted octanol–water partition coefficient (Wildman–Crippen LogP) is 4.44. The molecule has 8 heteroatoms. The summed E-state index contributed by atoms with van der Waals surface area (Å²) in [7, 11) is 0. The van der Waals surface area contributed by atoms with E-state index in [1.165, 1.54) is 5.56 Å². The summed E-state index contributed by atoms with van der Waals surface area (Å²) < 4.78 is 7.66. The molecule has 4 aromatic rings. The fraction of sp³-hybridized carbons (Fsp3) is 0.261. The van der Waals surface area contributed by atoms with Gasteiger partial charge in [0.2, 0.25) is 5.95 Å². The Kier molecular flexibility index (Phi) is 6.29. The molecule has 5 rings (SSSR count). The van der Waals surface area contributed by atoms with Crippen LogP contribution in [0, 0.1) is 0 Å². The Morgan fingerprint density at radius 2 is 1.68 bits per heavy atom. The van der Waals surface area contributed by atoms with Crippen LogP contribution in [0.2, 0.25) is 0 Å². The zero-order valence-corrected chi connectivity index (χ0v) is 18.7. The monoisotopic (exact) mass is 449 g/mol. The van der Waals surface area contributed by atoms with Crippen molar-refractivity contribution in [3.8, 4) is 5.69 Å². The zero-order chi connectivity index (χ0) is 20.9. The molecule has 0 unspecified atom stereocenters. The van der Waals surface area contributed by atoms with Gasteiger partial charge in [-0.15, -0.1) is 21.5 Å². The number of nitrogens with zero attached hydrogens (tertiary/aromatic N) is 5. The standard InChI is InChI=1S/C23H23N5OS2/c1-3-7-18(8-4-1)15-21-24-19(16-30-21)17-31-23-26-25-22(27-11-13-29-14-12-27)28(23)20-9-5-2-6-10-20/h1-10,16H,11-15,17H2. The lowest BCUT2D eigenvalue weighted by atomic mass is 10.2. The van der Waals surface area contributed by atoms with Crippen molar-refractivity contribution in [1.82, 2.24) is 19.7 Å². The van der Waals surface area contributed by atoms with E-state index >= 15 is 0 Å². The highest BCUT2D eigenvalue weighted by Crippen LogP contribution is 2.29. The van der Waals surface area contributed by atoms with Crippen LogP contribution in [0.1, 0.15) is 16.3 Å². The average molecular weight is 450 g/mol. The van der Waals surface area contributed by atoms with E-state index in [2.05, 4.69) is 61.4 Å². The number of thioether (sulfide) groups is 1. The van der Waals surface area contributed by atoms with E-state index in [1.54, 1.807) is 23.1 Å². The number of para-hydroxylation sites is 1. The smallest absolute Gasteiger partial charge is 0.232 e. The van der Waals surface area contributed by atoms with Crippen LogP contribution < -0.4 is 4.90 Å². The Balaban J connectivity index is 1.34. The maximum atomic E-state index is 5.51. The molecule has 1 saturated heterocycles. The second kappa shape index (κ2) is 9.64. The van der Waals surface area contributed by atoms with E-state index in [4.69, 9.17) is 9.72 Å². The van der Waals surface area contributed by atoms with E-state index in [-0.39, 0.29) is 0 Å². The van der Waals surface area contributed by atoms with Crippen molar-refractivity contribution in [2.75, 3.05) is 31.2 Å². The van der Waals surface area contributed by atoms with Gasteiger partial charge in [0.15, 0.2) is 5.16 Å². The molecule has 0 spiro atoms. The van der Waals surface area contributed by atoms with Crippen LogP contribution in [0.3, 0.4) is 0 Å². The van der Waals surface area contributed by atoms with Gasteiger partial charge in [0.1, 0.15) is 0 Å². The van der Waals surface area contributed by atoms with Crippen LogP contribution in [0.5, 0.6) is 0 Å². The van der Waals surface area contributed by atoms with Crippen molar-refractivity contribution in [3.63, 3.8) is 0 Å². The number of thiazole rings is 1. The number of hydrogen-bond donors (Lipinski definition) is 0. The van der Waals surface area contributed by atoms with Gasteiger partial charge in [0.25, 0.3) is 0 Å². The van der Waals surface area contributed by atoms with Gasteiger partial charge in [-0.1, -0.05) is 60.3 Å². The van der Waals surface area contributed by atoms with E-state index in [9.17, 15) is 0 Å². The molecule has 2 aromatic carbocycles. The summed E-state index contributed by atoms with van der Waals surface area (Å²) in [5.74, 6) is 1.64. The molecule has 1 fully saturated rings. The van der Waals surface area contributed by atoms with Crippen LogP contribution in [0.25, 0.3) is 5.69 Å². The molecule has 0 saturated carbocycles. The Bertz CT molecular complexity index is 1110. The highest BCUT2D eigenvalue weighted by atomic mass is 32.2. The molecule has 2 aromatic heterocycles. The van der Waals surface area contributed by atoms with Gasteiger partial charge in [-0.2, -0.15) is 0 Å². The molecule has 3 heterocycles. The second-order valence-corrected chi connectivity index (χ2v) is 9.12. The highest BCUT2D eigenvalue weighted by molar-refractivity contribution is 7.98. The second-order valence-electron chi connectivity index (χ2n) is 7.24. The van der Waals surface area contributed by atoms with E-state index < -0.39 is 0 Å². The minimum Gasteiger partial charge on any atom is -0.378 e. The molecular weight excluding hydrogens is 426 g/mol. The maximum absolute atomic E-state index is 5.51. The number of ether oxygens (including phenoxy) is 1. The van der Waals surface area contributed by atoms with Gasteiger partial charge in [-0.25, -0.2) is 4.98 Å². The zero-order valence-electron chi connectivity index (χ0n) is 17.1. The first kappa shape index (κ1) is 20.2. The largest absolute Gasteiger partial charge is 0.378 e. The van der Waals surface area contributed by atoms with Crippen LogP contribution >= 0.6 is 23.1 Å². The Morgan fingerprint density at radius 3 is 2.45 bits per heavy atom. The van der Waals surface area contributed by atoms with Crippen molar-refractivity contribution in [2.45, 2.75) is 17.3 Å². The Hall–Kier alpha value is -2.68. The van der Waals surface area contributed by atoms with Gasteiger partial charge in [-0.3, -0.25) is 4.57 Å². The lowest BCUT2D eigenvalue weighted by Gasteiger charge is -2.27. The van der Waals surface area contributed by atoms with Crippen molar-refractivity contribution >= 4 is 29.0 Å². The van der Waals surface area contributed by atoms with Crippen LogP contribution in [-0.2, 0) is 16.9 Å². The molecular formula is C23H23N5OS2. The molecule has 6 nitrogen and oxygen atoms in total. The van der Waals surface area contributed by atoms with Crippen LogP contribution in [0.4, 0.5) is 5.95 Å². The predicted molar refractivity (Wildman–Crippen MR) is 125 cm³/mol. The fourth-order valence-electron chi connectivity index (χ4n) is 3.53. The SMILES string of the molecule is c1ccc(Cc2nc(CSc3nnc(N4CCOCC4)n3-c3ccccc3)cs2)cc1. The normalized spacial score (nSPS) is 14.1. The molecule has 158 valence electrons. The number of anilines is 1. The average Bonchev–Trinajstić information content (AvgIpc) is 3.46. The molecule has 0 atom stereocenters. The Morgan fingerprint density at radius 1 is 0.935 bits per heavy atom. The topological polar surface area (TPSA) is 56.1 Å². The Labute approximate surface area is 189 Å². The number of benzene rings is 2. The summed E-state index contributed by atoms with van der Waals surface area (Å²) in [5.41, 5.74) is 3.44. The minimum atomic E-state index is 0.715. The highest BCUT2D eigenvalue weighted by Gasteiger charge is 2.22. The van der Waals surface area contributed by atoms with E-state index in [0.29, 0.717) is 13.2 Å². The van der Waals surface area contributed by atoms with Gasteiger partial charge < -0.3 is 9.64 Å². The van der Waals surface area contributed by atoms with Crippen molar-refractivity contribution in [1.29, 1.82) is 0 Å². The molecule has 0 aliphatic carbocycles. The third-order valence-electron chi connectivity index (χ3n) is 5.07. The lowest BCUT2D eigenvalue weighted by Crippen LogP contribution is -2.37. The van der Waals surface area contributed by atoms with Crippen LogP contribution in [0.15, 0.2) is 71.2 Å². The first-order chi connectivity index (χ1) is 15.4. The number of morpholine rings is 1. The number of rotatable bonds is 7. The molecule has 0 radical (unpaired) electrons. The minimum absolute atomic E-state index is 0.715. The summed E-state index contributed by atoms with van der Waals surface area (Å²) in [4.78, 5) is 7.08. The maximum Gasteiger partial charge on any atom is 0.232 e. The molecule has 31 heavy (non-hydrogen) atoms. The summed E-state index contributed by atoms with van der Waals surface area (Å²) >= 11 is 3.39. The van der Waals surface area contributed by atoms with Crippen molar-refractivity contribution in [2.24, 2.45) is 0 Å². The van der Waals surface area contributed by atoms with Gasteiger partial charge in [-0.05, 0) is 17.7 Å². The van der Waals surface area contributed by atoms with Gasteiger partial charge in [0.05, 0.1) is 29.6 Å². The molecule has 1 aliphatic rings. The van der Waals surface area contributed by atoms with Crippen LogP contribution in [-0.4, -0.2) is 46.1 Å². The van der Waals surface area contributed by atoms with Gasteiger partial charge in [0, 0.05) is 30.6 Å². The fourth-order valence-corrected chi connectivity index (χ4v) is 5.31. The summed E-state index contributed by atoms with van der Waals surface area (Å²) in [6.45, 7) is 3.08. The number of aromatic nitrogens is 4. The summed E-state index contributed by atoms with van der Waals surface area (Å²) in [5, 5.41) is 13.2. The first-order valence-corrected chi connectivity index (χ1v) is 12.2. The lowest BCUT2D eigenvalue weighted by molar-refractivity contribution is 0.122. The third-order valence-corrected chi connectivity index (χ3v) is 6.93. The summed E-state index contributed by atoms with van der Waals surface area (Å²) in [6, 6.07) is 20.8. The molecule has 0 amide bonds. The first-order valence-electron chi connectivity index (χ1n) is 10.3. The molecule has 0 bridgehead atoms. The number of hydrogen-bond acceptors (Lipinski definition) is 7. The quantitative estimate of drug-likeness (QED) is 0.389. The van der Waals surface area contributed by atoms with Gasteiger partial charge >= 0.3 is 0 Å². The van der Waals surface area contributed by atoms with Crippen molar-refractivity contribution in [3.05, 3.63) is 82.3 Å². The third kappa shape index (κ3) is 4.81. The van der Waals surface area contributed by atoms with Crippen molar-refractivity contribution < 1.29 is 4.74 Å². The molecule has 1 aliphatic heterocycles. The summed E-state index contributed by atoms with van der Waals surface area (Å²) in [6.07, 6.45) is 0.873. The molecule has 0 N–H and O–H groups in total.